The van der Waals surface area contributed by atoms with Crippen molar-refractivity contribution in [3.05, 3.63) is 83.7 Å². The molecule has 39 heavy (non-hydrogen) atoms. The van der Waals surface area contributed by atoms with Gasteiger partial charge in [0.25, 0.3) is 5.91 Å². The lowest BCUT2D eigenvalue weighted by Crippen LogP contribution is -2.44. The number of nitriles is 1. The molecule has 2 saturated heterocycles. The number of ether oxygens (including phenoxy) is 1. The van der Waals surface area contributed by atoms with Gasteiger partial charge in [-0.25, -0.2) is 4.98 Å². The number of rotatable bonds is 8. The molecule has 2 aromatic carbocycles. The Kier molecular flexibility index (Phi) is 8.59. The van der Waals surface area contributed by atoms with Crippen LogP contribution in [-0.4, -0.2) is 61.2 Å². The summed E-state index contributed by atoms with van der Waals surface area (Å²) >= 11 is 0. The zero-order valence-corrected chi connectivity index (χ0v) is 22.5. The van der Waals surface area contributed by atoms with Gasteiger partial charge in [-0.2, -0.15) is 5.26 Å². The predicted molar refractivity (Wildman–Crippen MR) is 153 cm³/mol. The Morgan fingerprint density at radius 2 is 1.64 bits per heavy atom. The monoisotopic (exact) mass is 524 g/mol. The number of likely N-dealkylation sites (tertiary alicyclic amines) is 1. The second-order valence-corrected chi connectivity index (χ2v) is 10.4. The number of methoxy groups -OCH3 is 1. The first-order valence-corrected chi connectivity index (χ1v) is 13.7. The van der Waals surface area contributed by atoms with Gasteiger partial charge < -0.3 is 20.3 Å². The number of aromatic nitrogens is 1. The maximum Gasteiger partial charge on any atom is 0.270 e. The molecular weight excluding hydrogens is 488 g/mol. The zero-order chi connectivity index (χ0) is 27.0. The standard InChI is InChI=1S/C31H36N6O2/c1-39-29-9-7-28(8-10-29)37-18-14-25(15-19-37)34-27-6-11-30(33-21-27)31(38)35-26-12-16-36(17-13-26)22-24-4-2-23(20-32)3-5-24/h2-11,21,25-26,34H,12-19,22H2,1H3,(H,35,38). The van der Waals surface area contributed by atoms with Gasteiger partial charge in [-0.3, -0.25) is 9.69 Å². The number of nitrogens with one attached hydrogen (secondary N) is 2. The SMILES string of the molecule is COc1ccc(N2CCC(Nc3ccc(C(=O)NC4CCN(Cc5ccc(C#N)cc5)CC4)nc3)CC2)cc1. The van der Waals surface area contributed by atoms with Crippen LogP contribution in [0.4, 0.5) is 11.4 Å². The van der Waals surface area contributed by atoms with E-state index in [0.717, 1.165) is 69.8 Å². The van der Waals surface area contributed by atoms with E-state index < -0.39 is 0 Å². The third kappa shape index (κ3) is 7.06. The normalized spacial score (nSPS) is 16.9. The Morgan fingerprint density at radius 3 is 2.26 bits per heavy atom. The summed E-state index contributed by atoms with van der Waals surface area (Å²) in [5.41, 5.74) is 4.52. The molecule has 2 N–H and O–H groups in total. The Bertz CT molecular complexity index is 1250. The number of nitrogens with zero attached hydrogens (tertiary/aromatic N) is 4. The molecule has 0 bridgehead atoms. The number of amides is 1. The van der Waals surface area contributed by atoms with Crippen LogP contribution in [0, 0.1) is 11.3 Å². The van der Waals surface area contributed by atoms with E-state index >= 15 is 0 Å². The summed E-state index contributed by atoms with van der Waals surface area (Å²) in [4.78, 5) is 22.1. The number of benzene rings is 2. The van der Waals surface area contributed by atoms with E-state index in [1.807, 2.05) is 48.5 Å². The Morgan fingerprint density at radius 1 is 0.949 bits per heavy atom. The number of anilines is 2. The smallest absolute Gasteiger partial charge is 0.270 e. The molecule has 3 heterocycles. The summed E-state index contributed by atoms with van der Waals surface area (Å²) in [5, 5.41) is 15.7. The number of carbonyl (C=O) groups excluding carboxylic acids is 1. The van der Waals surface area contributed by atoms with Crippen LogP contribution in [0.25, 0.3) is 0 Å². The predicted octanol–water partition coefficient (Wildman–Crippen LogP) is 4.44. The summed E-state index contributed by atoms with van der Waals surface area (Å²) in [5.74, 6) is 0.765. The fourth-order valence-corrected chi connectivity index (χ4v) is 5.36. The van der Waals surface area contributed by atoms with Crippen LogP contribution in [-0.2, 0) is 6.54 Å². The molecule has 0 spiro atoms. The third-order valence-corrected chi connectivity index (χ3v) is 7.71. The van der Waals surface area contributed by atoms with Gasteiger partial charge in [-0.1, -0.05) is 12.1 Å². The number of hydrogen-bond acceptors (Lipinski definition) is 7. The maximum absolute atomic E-state index is 12.8. The summed E-state index contributed by atoms with van der Waals surface area (Å²) in [7, 11) is 1.69. The minimum Gasteiger partial charge on any atom is -0.497 e. The molecule has 5 rings (SSSR count). The molecule has 2 aliphatic heterocycles. The van der Waals surface area contributed by atoms with E-state index in [-0.39, 0.29) is 11.9 Å². The average molecular weight is 525 g/mol. The van der Waals surface area contributed by atoms with Gasteiger partial charge in [0.1, 0.15) is 11.4 Å². The minimum atomic E-state index is -0.111. The Balaban J connectivity index is 1.03. The first kappa shape index (κ1) is 26.5. The quantitative estimate of drug-likeness (QED) is 0.450. The maximum atomic E-state index is 12.8. The molecule has 8 nitrogen and oxygen atoms in total. The number of piperidine rings is 2. The van der Waals surface area contributed by atoms with Crippen LogP contribution in [0.3, 0.4) is 0 Å². The summed E-state index contributed by atoms with van der Waals surface area (Å²) < 4.78 is 5.26. The van der Waals surface area contributed by atoms with Crippen molar-refractivity contribution < 1.29 is 9.53 Å². The van der Waals surface area contributed by atoms with E-state index in [4.69, 9.17) is 10.00 Å². The highest BCUT2D eigenvalue weighted by molar-refractivity contribution is 5.92. The van der Waals surface area contributed by atoms with Gasteiger partial charge in [0.15, 0.2) is 0 Å². The zero-order valence-electron chi connectivity index (χ0n) is 22.5. The van der Waals surface area contributed by atoms with Crippen LogP contribution >= 0.6 is 0 Å². The lowest BCUT2D eigenvalue weighted by atomic mass is 10.0. The number of pyridine rings is 1. The molecule has 2 fully saturated rings. The summed E-state index contributed by atoms with van der Waals surface area (Å²) in [6, 6.07) is 22.5. The highest BCUT2D eigenvalue weighted by atomic mass is 16.5. The highest BCUT2D eigenvalue weighted by Gasteiger charge is 2.22. The van der Waals surface area contributed by atoms with Crippen molar-refractivity contribution in [2.24, 2.45) is 0 Å². The largest absolute Gasteiger partial charge is 0.497 e. The molecular formula is C31H36N6O2. The van der Waals surface area contributed by atoms with Crippen LogP contribution < -0.4 is 20.3 Å². The lowest BCUT2D eigenvalue weighted by molar-refractivity contribution is 0.0904. The molecule has 1 amide bonds. The lowest BCUT2D eigenvalue weighted by Gasteiger charge is -2.34. The van der Waals surface area contributed by atoms with Crippen molar-refractivity contribution in [2.45, 2.75) is 44.3 Å². The van der Waals surface area contributed by atoms with E-state index in [2.05, 4.69) is 43.6 Å². The van der Waals surface area contributed by atoms with Crippen LogP contribution in [0.15, 0.2) is 66.9 Å². The summed E-state index contributed by atoms with van der Waals surface area (Å²) in [6.07, 6.45) is 5.68. The van der Waals surface area contributed by atoms with Crippen molar-refractivity contribution in [1.82, 2.24) is 15.2 Å². The average Bonchev–Trinajstić information content (AvgIpc) is 2.99. The highest BCUT2D eigenvalue weighted by Crippen LogP contribution is 2.24. The molecule has 0 radical (unpaired) electrons. The van der Waals surface area contributed by atoms with Gasteiger partial charge in [0.2, 0.25) is 0 Å². The fraction of sp³-hybridized carbons (Fsp3) is 0.387. The molecule has 0 aliphatic carbocycles. The van der Waals surface area contributed by atoms with Crippen LogP contribution in [0.1, 0.15) is 47.3 Å². The second-order valence-electron chi connectivity index (χ2n) is 10.4. The number of carbonyl (C=O) groups is 1. The molecule has 0 unspecified atom stereocenters. The van der Waals surface area contributed by atoms with E-state index in [0.29, 0.717) is 17.3 Å². The van der Waals surface area contributed by atoms with Gasteiger partial charge >= 0.3 is 0 Å². The van der Waals surface area contributed by atoms with Gasteiger partial charge in [0, 0.05) is 50.5 Å². The molecule has 8 heteroatoms. The van der Waals surface area contributed by atoms with Crippen molar-refractivity contribution in [1.29, 1.82) is 5.26 Å². The molecule has 0 atom stereocenters. The fourth-order valence-electron chi connectivity index (χ4n) is 5.36. The Hall–Kier alpha value is -4.09. The van der Waals surface area contributed by atoms with E-state index in [1.54, 1.807) is 13.3 Å². The number of hydrogen-bond donors (Lipinski definition) is 2. The van der Waals surface area contributed by atoms with Crippen molar-refractivity contribution in [3.63, 3.8) is 0 Å². The third-order valence-electron chi connectivity index (χ3n) is 7.71. The van der Waals surface area contributed by atoms with Gasteiger partial charge in [0.05, 0.1) is 30.6 Å². The molecule has 0 saturated carbocycles. The van der Waals surface area contributed by atoms with Crippen molar-refractivity contribution in [3.8, 4) is 11.8 Å². The molecule has 3 aromatic rings. The first-order chi connectivity index (χ1) is 19.1. The Labute approximate surface area is 230 Å². The minimum absolute atomic E-state index is 0.111. The van der Waals surface area contributed by atoms with E-state index in [1.165, 1.54) is 11.3 Å². The molecule has 202 valence electrons. The van der Waals surface area contributed by atoms with E-state index in [9.17, 15) is 4.79 Å². The first-order valence-electron chi connectivity index (χ1n) is 13.7. The summed E-state index contributed by atoms with van der Waals surface area (Å²) in [6.45, 7) is 4.70. The molecule has 2 aliphatic rings. The van der Waals surface area contributed by atoms with Crippen LogP contribution in [0.2, 0.25) is 0 Å². The topological polar surface area (TPSA) is 93.5 Å². The van der Waals surface area contributed by atoms with Gasteiger partial charge in [-0.05, 0) is 79.8 Å². The van der Waals surface area contributed by atoms with Crippen molar-refractivity contribution >= 4 is 17.3 Å². The van der Waals surface area contributed by atoms with Crippen molar-refractivity contribution in [2.75, 3.05) is 43.5 Å². The second kappa shape index (κ2) is 12.6. The molecule has 1 aromatic heterocycles. The van der Waals surface area contributed by atoms with Crippen LogP contribution in [0.5, 0.6) is 5.75 Å². The van der Waals surface area contributed by atoms with Gasteiger partial charge in [-0.15, -0.1) is 0 Å².